The minimum atomic E-state index is 0.457. The lowest BCUT2D eigenvalue weighted by molar-refractivity contribution is -0.140. The molecule has 0 bridgehead atoms. The molecule has 2 aliphatic carbocycles. The Labute approximate surface area is 112 Å². The van der Waals surface area contributed by atoms with Crippen molar-refractivity contribution in [3.63, 3.8) is 0 Å². The molecule has 18 heavy (non-hydrogen) atoms. The van der Waals surface area contributed by atoms with Gasteiger partial charge >= 0.3 is 0 Å². The van der Waals surface area contributed by atoms with E-state index < -0.39 is 0 Å². The van der Waals surface area contributed by atoms with Crippen LogP contribution in [0.1, 0.15) is 51.9 Å². The molecule has 3 nitrogen and oxygen atoms in total. The van der Waals surface area contributed by atoms with E-state index >= 15 is 0 Å². The molecule has 2 aliphatic rings. The van der Waals surface area contributed by atoms with Crippen LogP contribution in [0.5, 0.6) is 0 Å². The summed E-state index contributed by atoms with van der Waals surface area (Å²) in [5, 5.41) is 3.47. The number of nitrogens with one attached hydrogen (secondary N) is 1. The third-order valence-electron chi connectivity index (χ3n) is 4.86. The summed E-state index contributed by atoms with van der Waals surface area (Å²) >= 11 is 0. The smallest absolute Gasteiger partial charge is 0.0704 e. The summed E-state index contributed by atoms with van der Waals surface area (Å²) in [4.78, 5) is 0. The summed E-state index contributed by atoms with van der Waals surface area (Å²) in [6.45, 7) is 4.61. The summed E-state index contributed by atoms with van der Waals surface area (Å²) in [6.07, 6.45) is 9.49. The van der Waals surface area contributed by atoms with Crippen molar-refractivity contribution in [3.05, 3.63) is 0 Å². The molecule has 0 radical (unpaired) electrons. The first kappa shape index (κ1) is 14.3. The van der Waals surface area contributed by atoms with Gasteiger partial charge in [0.2, 0.25) is 0 Å². The van der Waals surface area contributed by atoms with Crippen molar-refractivity contribution in [1.82, 2.24) is 5.32 Å². The van der Waals surface area contributed by atoms with Gasteiger partial charge in [-0.05, 0) is 32.7 Å². The number of hydrogen-bond acceptors (Lipinski definition) is 3. The lowest BCUT2D eigenvalue weighted by Crippen LogP contribution is -2.62. The van der Waals surface area contributed by atoms with E-state index in [4.69, 9.17) is 9.47 Å². The second kappa shape index (κ2) is 6.88. The Hall–Kier alpha value is -0.120. The summed E-state index contributed by atoms with van der Waals surface area (Å²) < 4.78 is 11.6. The lowest BCUT2D eigenvalue weighted by atomic mass is 9.60. The predicted molar refractivity (Wildman–Crippen MR) is 73.8 cm³/mol. The van der Waals surface area contributed by atoms with E-state index in [1.54, 1.807) is 0 Å². The van der Waals surface area contributed by atoms with Gasteiger partial charge in [-0.15, -0.1) is 0 Å². The fourth-order valence-electron chi connectivity index (χ4n) is 3.69. The molecule has 2 unspecified atom stereocenters. The Balaban J connectivity index is 1.64. The highest BCUT2D eigenvalue weighted by Crippen LogP contribution is 2.54. The summed E-state index contributed by atoms with van der Waals surface area (Å²) in [5.41, 5.74) is 0.457. The molecule has 106 valence electrons. The van der Waals surface area contributed by atoms with Gasteiger partial charge in [0.1, 0.15) is 0 Å². The molecule has 1 N–H and O–H groups in total. The number of hydrogen-bond donors (Lipinski definition) is 1. The van der Waals surface area contributed by atoms with E-state index in [0.717, 1.165) is 26.2 Å². The van der Waals surface area contributed by atoms with Crippen LogP contribution in [0.4, 0.5) is 0 Å². The molecule has 3 heteroatoms. The molecular weight excluding hydrogens is 226 g/mol. The predicted octanol–water partition coefficient (Wildman–Crippen LogP) is 2.74. The highest BCUT2D eigenvalue weighted by Gasteiger charge is 2.55. The van der Waals surface area contributed by atoms with Crippen molar-refractivity contribution in [1.29, 1.82) is 0 Å². The lowest BCUT2D eigenvalue weighted by Gasteiger charge is -2.54. The standard InChI is InChI=1S/C15H29NO2/c1-3-4-9-17-10-11-18-14-12-13(16-2)15(14)7-5-6-8-15/h13-14,16H,3-12H2,1-2H3. The molecule has 0 aliphatic heterocycles. The zero-order valence-corrected chi connectivity index (χ0v) is 12.0. The highest BCUT2D eigenvalue weighted by molar-refractivity contribution is 5.09. The van der Waals surface area contributed by atoms with Crippen LogP contribution < -0.4 is 5.32 Å². The molecule has 1 spiro atoms. The van der Waals surface area contributed by atoms with Gasteiger partial charge in [0, 0.05) is 18.1 Å². The summed E-state index contributed by atoms with van der Waals surface area (Å²) in [7, 11) is 2.09. The Morgan fingerprint density at radius 1 is 1.17 bits per heavy atom. The Bertz CT molecular complexity index is 239. The maximum atomic E-state index is 6.06. The fraction of sp³-hybridized carbons (Fsp3) is 1.00. The van der Waals surface area contributed by atoms with Crippen LogP contribution in [-0.2, 0) is 9.47 Å². The van der Waals surface area contributed by atoms with E-state index in [0.29, 0.717) is 17.6 Å². The van der Waals surface area contributed by atoms with E-state index in [-0.39, 0.29) is 0 Å². The van der Waals surface area contributed by atoms with Crippen LogP contribution in [0.3, 0.4) is 0 Å². The van der Waals surface area contributed by atoms with Crippen molar-refractivity contribution in [2.24, 2.45) is 5.41 Å². The summed E-state index contributed by atoms with van der Waals surface area (Å²) in [5.74, 6) is 0. The molecule has 2 atom stereocenters. The van der Waals surface area contributed by atoms with Crippen molar-refractivity contribution in [2.75, 3.05) is 26.9 Å². The van der Waals surface area contributed by atoms with Gasteiger partial charge in [0.15, 0.2) is 0 Å². The zero-order chi connectivity index (χ0) is 12.8. The molecule has 0 aromatic carbocycles. The van der Waals surface area contributed by atoms with E-state index in [2.05, 4.69) is 19.3 Å². The van der Waals surface area contributed by atoms with Crippen molar-refractivity contribution in [2.45, 2.75) is 64.0 Å². The fourth-order valence-corrected chi connectivity index (χ4v) is 3.69. The average Bonchev–Trinajstić information content (AvgIpc) is 2.88. The normalized spacial score (nSPS) is 29.7. The molecular formula is C15H29NO2. The Morgan fingerprint density at radius 2 is 1.94 bits per heavy atom. The maximum absolute atomic E-state index is 6.06. The van der Waals surface area contributed by atoms with Crippen LogP contribution in [0, 0.1) is 5.41 Å². The third kappa shape index (κ3) is 2.89. The first-order valence-corrected chi connectivity index (χ1v) is 7.70. The van der Waals surface area contributed by atoms with E-state index in [1.165, 1.54) is 38.5 Å². The van der Waals surface area contributed by atoms with E-state index in [1.807, 2.05) is 0 Å². The second-order valence-corrected chi connectivity index (χ2v) is 5.84. The average molecular weight is 255 g/mol. The molecule has 0 amide bonds. The molecule has 0 heterocycles. The summed E-state index contributed by atoms with van der Waals surface area (Å²) in [6, 6.07) is 0.686. The molecule has 2 saturated carbocycles. The van der Waals surface area contributed by atoms with Crippen LogP contribution in [0.25, 0.3) is 0 Å². The van der Waals surface area contributed by atoms with Crippen molar-refractivity contribution < 1.29 is 9.47 Å². The Morgan fingerprint density at radius 3 is 2.61 bits per heavy atom. The van der Waals surface area contributed by atoms with Gasteiger partial charge in [-0.25, -0.2) is 0 Å². The van der Waals surface area contributed by atoms with Crippen LogP contribution >= 0.6 is 0 Å². The molecule has 0 saturated heterocycles. The molecule has 2 rings (SSSR count). The zero-order valence-electron chi connectivity index (χ0n) is 12.0. The van der Waals surface area contributed by atoms with Gasteiger partial charge in [-0.3, -0.25) is 0 Å². The number of unbranched alkanes of at least 4 members (excludes halogenated alkanes) is 1. The van der Waals surface area contributed by atoms with Gasteiger partial charge < -0.3 is 14.8 Å². The minimum Gasteiger partial charge on any atom is -0.379 e. The first-order valence-electron chi connectivity index (χ1n) is 7.70. The molecule has 2 fully saturated rings. The molecule has 0 aromatic heterocycles. The topological polar surface area (TPSA) is 30.5 Å². The second-order valence-electron chi connectivity index (χ2n) is 5.84. The van der Waals surface area contributed by atoms with Gasteiger partial charge in [-0.2, -0.15) is 0 Å². The maximum Gasteiger partial charge on any atom is 0.0704 e. The van der Waals surface area contributed by atoms with Crippen molar-refractivity contribution in [3.8, 4) is 0 Å². The monoisotopic (exact) mass is 255 g/mol. The Kier molecular flexibility index (Phi) is 5.46. The number of rotatable bonds is 8. The minimum absolute atomic E-state index is 0.457. The largest absolute Gasteiger partial charge is 0.379 e. The van der Waals surface area contributed by atoms with Crippen LogP contribution in [-0.4, -0.2) is 39.0 Å². The van der Waals surface area contributed by atoms with Crippen molar-refractivity contribution >= 4 is 0 Å². The van der Waals surface area contributed by atoms with Crippen LogP contribution in [0.2, 0.25) is 0 Å². The van der Waals surface area contributed by atoms with Crippen LogP contribution in [0.15, 0.2) is 0 Å². The van der Waals surface area contributed by atoms with Gasteiger partial charge in [-0.1, -0.05) is 26.2 Å². The first-order chi connectivity index (χ1) is 8.83. The number of ether oxygens (including phenoxy) is 2. The quantitative estimate of drug-likeness (QED) is 0.677. The van der Waals surface area contributed by atoms with E-state index in [9.17, 15) is 0 Å². The van der Waals surface area contributed by atoms with Gasteiger partial charge in [0.25, 0.3) is 0 Å². The highest BCUT2D eigenvalue weighted by atomic mass is 16.5. The third-order valence-corrected chi connectivity index (χ3v) is 4.86. The van der Waals surface area contributed by atoms with Gasteiger partial charge in [0.05, 0.1) is 19.3 Å². The molecule has 0 aromatic rings. The SMILES string of the molecule is CCCCOCCOC1CC(NC)C12CCCC2.